The van der Waals surface area contributed by atoms with Crippen LogP contribution in [0.2, 0.25) is 0 Å². The fraction of sp³-hybridized carbons (Fsp3) is 0.231. The molecule has 0 spiro atoms. The largest absolute Gasteiger partial charge is 0.344 e. The predicted molar refractivity (Wildman–Crippen MR) is 74.1 cm³/mol. The summed E-state index contributed by atoms with van der Waals surface area (Å²) in [5, 5.41) is 4.64. The van der Waals surface area contributed by atoms with E-state index in [9.17, 15) is 9.18 Å². The van der Waals surface area contributed by atoms with Gasteiger partial charge in [0, 0.05) is 16.0 Å². The molecule has 0 saturated heterocycles. The van der Waals surface area contributed by atoms with Crippen LogP contribution < -0.4 is 5.32 Å². The van der Waals surface area contributed by atoms with Gasteiger partial charge in [0.1, 0.15) is 11.5 Å². The Morgan fingerprint density at radius 3 is 3.16 bits per heavy atom. The highest BCUT2D eigenvalue weighted by atomic mass is 32.2. The first-order valence-corrected chi connectivity index (χ1v) is 7.78. The number of hydrogen-bond donors (Lipinski definition) is 1. The summed E-state index contributed by atoms with van der Waals surface area (Å²) < 4.78 is 13.3. The van der Waals surface area contributed by atoms with Gasteiger partial charge in [-0.1, -0.05) is 0 Å². The van der Waals surface area contributed by atoms with E-state index in [1.165, 1.54) is 23.5 Å². The van der Waals surface area contributed by atoms with Gasteiger partial charge in [-0.05, 0) is 30.2 Å². The molecule has 0 radical (unpaired) electrons. The molecule has 1 amide bonds. The molecule has 19 heavy (non-hydrogen) atoms. The number of rotatable bonds is 2. The lowest BCUT2D eigenvalue weighted by molar-refractivity contribution is 0.0930. The van der Waals surface area contributed by atoms with E-state index in [2.05, 4.69) is 10.3 Å². The monoisotopic (exact) mass is 294 g/mol. The minimum atomic E-state index is -0.269. The normalized spacial score (nSPS) is 17.8. The molecule has 1 atom stereocenters. The predicted octanol–water partition coefficient (Wildman–Crippen LogP) is 3.25. The van der Waals surface area contributed by atoms with Crippen LogP contribution in [-0.2, 0) is 0 Å². The maximum Gasteiger partial charge on any atom is 0.271 e. The molecule has 1 aromatic heterocycles. The number of hydrogen-bond acceptors (Lipinski definition) is 4. The van der Waals surface area contributed by atoms with Crippen molar-refractivity contribution in [3.8, 4) is 0 Å². The van der Waals surface area contributed by atoms with Crippen LogP contribution in [-0.4, -0.2) is 16.6 Å². The Morgan fingerprint density at radius 2 is 2.37 bits per heavy atom. The highest BCUT2D eigenvalue weighted by Gasteiger charge is 2.23. The number of thioether (sulfide) groups is 1. The SMILES string of the molecule is O=C(NC1CCSc2ccc(F)cc21)c1cscn1. The van der Waals surface area contributed by atoms with Crippen molar-refractivity contribution < 1.29 is 9.18 Å². The van der Waals surface area contributed by atoms with Gasteiger partial charge >= 0.3 is 0 Å². The first-order chi connectivity index (χ1) is 9.24. The van der Waals surface area contributed by atoms with Crippen LogP contribution in [0.15, 0.2) is 34.0 Å². The van der Waals surface area contributed by atoms with Crippen molar-refractivity contribution >= 4 is 29.0 Å². The lowest BCUT2D eigenvalue weighted by Crippen LogP contribution is -2.30. The summed E-state index contributed by atoms with van der Waals surface area (Å²) in [6.07, 6.45) is 0.803. The van der Waals surface area contributed by atoms with Gasteiger partial charge in [0.2, 0.25) is 0 Å². The fourth-order valence-corrected chi connectivity index (χ4v) is 3.71. The first kappa shape index (κ1) is 12.6. The Bertz CT molecular complexity index is 601. The second-order valence-electron chi connectivity index (χ2n) is 4.22. The van der Waals surface area contributed by atoms with Crippen molar-refractivity contribution in [3.05, 3.63) is 46.2 Å². The van der Waals surface area contributed by atoms with Gasteiger partial charge in [-0.2, -0.15) is 0 Å². The van der Waals surface area contributed by atoms with Gasteiger partial charge in [0.05, 0.1) is 11.6 Å². The van der Waals surface area contributed by atoms with E-state index in [4.69, 9.17) is 0 Å². The summed E-state index contributed by atoms with van der Waals surface area (Å²) in [6.45, 7) is 0. The standard InChI is InChI=1S/C13H11FN2OS2/c14-8-1-2-12-9(5-8)10(3-4-19-12)16-13(17)11-6-18-7-15-11/h1-2,5-7,10H,3-4H2,(H,16,17). The quantitative estimate of drug-likeness (QED) is 0.924. The van der Waals surface area contributed by atoms with Crippen LogP contribution in [0.25, 0.3) is 0 Å². The molecule has 1 unspecified atom stereocenters. The zero-order valence-corrected chi connectivity index (χ0v) is 11.6. The fourth-order valence-electron chi connectivity index (χ4n) is 2.07. The minimum Gasteiger partial charge on any atom is -0.344 e. The van der Waals surface area contributed by atoms with Crippen molar-refractivity contribution in [2.24, 2.45) is 0 Å². The molecule has 2 heterocycles. The summed E-state index contributed by atoms with van der Waals surface area (Å²) in [5.74, 6) is 0.447. The minimum absolute atomic E-state index is 0.138. The molecule has 98 valence electrons. The molecular weight excluding hydrogens is 283 g/mol. The molecule has 0 bridgehead atoms. The molecule has 1 aliphatic rings. The summed E-state index contributed by atoms with van der Waals surface area (Å²) in [7, 11) is 0. The molecule has 2 aromatic rings. The molecule has 1 aliphatic heterocycles. The second-order valence-corrected chi connectivity index (χ2v) is 6.07. The molecule has 1 N–H and O–H groups in total. The van der Waals surface area contributed by atoms with Crippen LogP contribution in [0.4, 0.5) is 4.39 Å². The van der Waals surface area contributed by atoms with Crippen LogP contribution >= 0.6 is 23.1 Å². The molecule has 3 rings (SSSR count). The van der Waals surface area contributed by atoms with Gasteiger partial charge in [-0.3, -0.25) is 4.79 Å². The van der Waals surface area contributed by atoms with E-state index in [0.717, 1.165) is 22.6 Å². The molecular formula is C13H11FN2OS2. The Morgan fingerprint density at radius 1 is 1.47 bits per heavy atom. The maximum absolute atomic E-state index is 13.3. The van der Waals surface area contributed by atoms with E-state index < -0.39 is 0 Å². The third-order valence-corrected chi connectivity index (χ3v) is 4.69. The Balaban J connectivity index is 1.84. The number of halogens is 1. The van der Waals surface area contributed by atoms with Crippen LogP contribution in [0.3, 0.4) is 0 Å². The van der Waals surface area contributed by atoms with Gasteiger partial charge in [0.25, 0.3) is 5.91 Å². The molecule has 6 heteroatoms. The summed E-state index contributed by atoms with van der Waals surface area (Å²) >= 11 is 3.08. The summed E-state index contributed by atoms with van der Waals surface area (Å²) in [5.41, 5.74) is 2.90. The van der Waals surface area contributed by atoms with E-state index in [1.54, 1.807) is 28.7 Å². The highest BCUT2D eigenvalue weighted by Crippen LogP contribution is 2.36. The Labute approximate surface area is 118 Å². The van der Waals surface area contributed by atoms with Crippen LogP contribution in [0.5, 0.6) is 0 Å². The third-order valence-electron chi connectivity index (χ3n) is 2.98. The van der Waals surface area contributed by atoms with E-state index in [-0.39, 0.29) is 17.8 Å². The third kappa shape index (κ3) is 2.64. The Hall–Kier alpha value is -1.40. The van der Waals surface area contributed by atoms with E-state index in [0.29, 0.717) is 5.69 Å². The lowest BCUT2D eigenvalue weighted by Gasteiger charge is -2.25. The topological polar surface area (TPSA) is 42.0 Å². The van der Waals surface area contributed by atoms with Gasteiger partial charge in [0.15, 0.2) is 0 Å². The number of amides is 1. The molecule has 1 aromatic carbocycles. The van der Waals surface area contributed by atoms with Crippen LogP contribution in [0.1, 0.15) is 28.5 Å². The van der Waals surface area contributed by atoms with Crippen molar-refractivity contribution in [2.45, 2.75) is 17.4 Å². The zero-order chi connectivity index (χ0) is 13.2. The number of nitrogens with zero attached hydrogens (tertiary/aromatic N) is 1. The average molecular weight is 294 g/mol. The molecule has 0 saturated carbocycles. The van der Waals surface area contributed by atoms with Crippen molar-refractivity contribution in [1.82, 2.24) is 10.3 Å². The van der Waals surface area contributed by atoms with E-state index in [1.807, 2.05) is 0 Å². The zero-order valence-electron chi connectivity index (χ0n) is 9.93. The van der Waals surface area contributed by atoms with Gasteiger partial charge < -0.3 is 5.32 Å². The average Bonchev–Trinajstić information content (AvgIpc) is 2.93. The van der Waals surface area contributed by atoms with E-state index >= 15 is 0 Å². The smallest absolute Gasteiger partial charge is 0.271 e. The number of thiazole rings is 1. The number of benzene rings is 1. The van der Waals surface area contributed by atoms with Crippen molar-refractivity contribution in [3.63, 3.8) is 0 Å². The summed E-state index contributed by atoms with van der Waals surface area (Å²) in [6, 6.07) is 4.60. The number of carbonyl (C=O) groups excluding carboxylic acids is 1. The highest BCUT2D eigenvalue weighted by molar-refractivity contribution is 7.99. The molecule has 0 aliphatic carbocycles. The molecule has 0 fully saturated rings. The second kappa shape index (κ2) is 5.30. The van der Waals surface area contributed by atoms with Crippen molar-refractivity contribution in [2.75, 3.05) is 5.75 Å². The first-order valence-electron chi connectivity index (χ1n) is 5.85. The number of carbonyl (C=O) groups is 1. The molecule has 3 nitrogen and oxygen atoms in total. The van der Waals surface area contributed by atoms with Crippen molar-refractivity contribution in [1.29, 1.82) is 0 Å². The lowest BCUT2D eigenvalue weighted by atomic mass is 10.0. The van der Waals surface area contributed by atoms with Gasteiger partial charge in [-0.25, -0.2) is 9.37 Å². The number of aromatic nitrogens is 1. The Kier molecular flexibility index (Phi) is 3.52. The number of nitrogens with one attached hydrogen (secondary N) is 1. The summed E-state index contributed by atoms with van der Waals surface area (Å²) in [4.78, 5) is 17.0. The van der Waals surface area contributed by atoms with Gasteiger partial charge in [-0.15, -0.1) is 23.1 Å². The maximum atomic E-state index is 13.3. The number of fused-ring (bicyclic) bond motifs is 1. The van der Waals surface area contributed by atoms with Crippen LogP contribution in [0, 0.1) is 5.82 Å².